The summed E-state index contributed by atoms with van der Waals surface area (Å²) in [6, 6.07) is 13.9. The lowest BCUT2D eigenvalue weighted by molar-refractivity contribution is -0.122. The Labute approximate surface area is 123 Å². The van der Waals surface area contributed by atoms with Crippen LogP contribution in [-0.4, -0.2) is 16.6 Å². The van der Waals surface area contributed by atoms with Gasteiger partial charge in [0.2, 0.25) is 5.91 Å². The van der Waals surface area contributed by atoms with Crippen LogP contribution in [0.1, 0.15) is 30.4 Å². The number of benzene rings is 1. The van der Waals surface area contributed by atoms with Crippen LogP contribution in [0.3, 0.4) is 0 Å². The molecule has 0 saturated heterocycles. The van der Waals surface area contributed by atoms with Crippen LogP contribution in [0.15, 0.2) is 60.0 Å². The Morgan fingerprint density at radius 1 is 1.19 bits per heavy atom. The standard InChI is InChI=1S/C17H17N3O/c1-12(13-7-9-18-10-8-13)19-20-17(21)16-11-15(16)14-5-3-2-4-6-14/h2-10,15-16H,11H2,1H3,(H,20,21)/b19-12-/t15-,16-/m0/s1. The van der Waals surface area contributed by atoms with Crippen LogP contribution >= 0.6 is 0 Å². The molecule has 0 bridgehead atoms. The SMILES string of the molecule is C/C(=N/NC(=O)[C@H]1C[C@H]1c1ccccc1)c1ccncc1. The van der Waals surface area contributed by atoms with Crippen molar-refractivity contribution in [3.63, 3.8) is 0 Å². The molecule has 21 heavy (non-hydrogen) atoms. The highest BCUT2D eigenvalue weighted by Gasteiger charge is 2.43. The number of rotatable bonds is 4. The highest BCUT2D eigenvalue weighted by Crippen LogP contribution is 2.47. The molecule has 1 N–H and O–H groups in total. The molecule has 1 saturated carbocycles. The van der Waals surface area contributed by atoms with E-state index < -0.39 is 0 Å². The summed E-state index contributed by atoms with van der Waals surface area (Å²) in [4.78, 5) is 16.1. The molecule has 3 rings (SSSR count). The third-order valence-electron chi connectivity index (χ3n) is 3.79. The normalized spacial score (nSPS) is 20.9. The van der Waals surface area contributed by atoms with E-state index in [4.69, 9.17) is 0 Å². The Morgan fingerprint density at radius 2 is 1.90 bits per heavy atom. The van der Waals surface area contributed by atoms with Crippen molar-refractivity contribution in [3.05, 3.63) is 66.0 Å². The van der Waals surface area contributed by atoms with Crippen molar-refractivity contribution in [1.29, 1.82) is 0 Å². The molecule has 1 aliphatic rings. The summed E-state index contributed by atoms with van der Waals surface area (Å²) in [7, 11) is 0. The molecule has 2 aromatic rings. The van der Waals surface area contributed by atoms with E-state index in [9.17, 15) is 4.79 Å². The molecule has 0 aliphatic heterocycles. The van der Waals surface area contributed by atoms with Gasteiger partial charge < -0.3 is 0 Å². The van der Waals surface area contributed by atoms with Gasteiger partial charge in [0.25, 0.3) is 0 Å². The number of hydrogen-bond donors (Lipinski definition) is 1. The highest BCUT2D eigenvalue weighted by molar-refractivity contribution is 5.99. The van der Waals surface area contributed by atoms with Gasteiger partial charge in [0.15, 0.2) is 0 Å². The van der Waals surface area contributed by atoms with Crippen molar-refractivity contribution in [3.8, 4) is 0 Å². The van der Waals surface area contributed by atoms with Crippen LogP contribution in [0.5, 0.6) is 0 Å². The molecule has 0 radical (unpaired) electrons. The van der Waals surface area contributed by atoms with Gasteiger partial charge >= 0.3 is 0 Å². The molecule has 1 aromatic heterocycles. The highest BCUT2D eigenvalue weighted by atomic mass is 16.2. The van der Waals surface area contributed by atoms with E-state index in [1.807, 2.05) is 37.3 Å². The van der Waals surface area contributed by atoms with Gasteiger partial charge in [-0.25, -0.2) is 5.43 Å². The molecule has 106 valence electrons. The summed E-state index contributed by atoms with van der Waals surface area (Å²) in [6.07, 6.45) is 4.32. The molecule has 0 spiro atoms. The smallest absolute Gasteiger partial charge is 0.243 e. The summed E-state index contributed by atoms with van der Waals surface area (Å²) in [5.74, 6) is 0.376. The van der Waals surface area contributed by atoms with Gasteiger partial charge in [-0.3, -0.25) is 9.78 Å². The fourth-order valence-corrected chi connectivity index (χ4v) is 2.43. The van der Waals surface area contributed by atoms with Crippen molar-refractivity contribution in [2.24, 2.45) is 11.0 Å². The van der Waals surface area contributed by atoms with E-state index in [0.29, 0.717) is 5.92 Å². The number of nitrogens with one attached hydrogen (secondary N) is 1. The minimum Gasteiger partial charge on any atom is -0.273 e. The topological polar surface area (TPSA) is 54.4 Å². The van der Waals surface area contributed by atoms with E-state index in [1.165, 1.54) is 5.56 Å². The van der Waals surface area contributed by atoms with E-state index in [-0.39, 0.29) is 11.8 Å². The minimum absolute atomic E-state index is 0.00254. The van der Waals surface area contributed by atoms with Crippen molar-refractivity contribution in [2.75, 3.05) is 0 Å². The number of hydrogen-bond acceptors (Lipinski definition) is 3. The Bertz CT molecular complexity index is 652. The van der Waals surface area contributed by atoms with Crippen LogP contribution in [-0.2, 0) is 4.79 Å². The zero-order valence-corrected chi connectivity index (χ0v) is 11.9. The van der Waals surface area contributed by atoms with Gasteiger partial charge in [0, 0.05) is 23.9 Å². The molecule has 0 unspecified atom stereocenters. The summed E-state index contributed by atoms with van der Waals surface area (Å²) >= 11 is 0. The minimum atomic E-state index is -0.00254. The zero-order chi connectivity index (χ0) is 14.7. The van der Waals surface area contributed by atoms with Crippen LogP contribution in [0.2, 0.25) is 0 Å². The molecule has 1 amide bonds. The molecule has 1 aromatic carbocycles. The van der Waals surface area contributed by atoms with Crippen LogP contribution < -0.4 is 5.43 Å². The van der Waals surface area contributed by atoms with Crippen LogP contribution in [0.4, 0.5) is 0 Å². The summed E-state index contributed by atoms with van der Waals surface area (Å²) in [5, 5.41) is 4.17. The molecule has 1 aliphatic carbocycles. The van der Waals surface area contributed by atoms with Gasteiger partial charge in [0.05, 0.1) is 5.71 Å². The third kappa shape index (κ3) is 3.16. The summed E-state index contributed by atoms with van der Waals surface area (Å²) in [5.41, 5.74) is 5.64. The van der Waals surface area contributed by atoms with E-state index in [0.717, 1.165) is 17.7 Å². The monoisotopic (exact) mass is 279 g/mol. The zero-order valence-electron chi connectivity index (χ0n) is 11.9. The van der Waals surface area contributed by atoms with Crippen molar-refractivity contribution < 1.29 is 4.79 Å². The first-order valence-electron chi connectivity index (χ1n) is 7.05. The number of amides is 1. The average molecular weight is 279 g/mol. The molecular formula is C17H17N3O. The molecule has 2 atom stereocenters. The Balaban J connectivity index is 1.59. The molecule has 4 nitrogen and oxygen atoms in total. The maximum Gasteiger partial charge on any atom is 0.243 e. The Hall–Kier alpha value is -2.49. The van der Waals surface area contributed by atoms with E-state index in [2.05, 4.69) is 27.6 Å². The third-order valence-corrected chi connectivity index (χ3v) is 3.79. The maximum atomic E-state index is 12.1. The van der Waals surface area contributed by atoms with Gasteiger partial charge in [-0.1, -0.05) is 30.3 Å². The predicted molar refractivity (Wildman–Crippen MR) is 81.9 cm³/mol. The van der Waals surface area contributed by atoms with Gasteiger partial charge in [-0.05, 0) is 37.0 Å². The first-order valence-corrected chi connectivity index (χ1v) is 7.05. The fourth-order valence-electron chi connectivity index (χ4n) is 2.43. The number of carbonyl (C=O) groups excluding carboxylic acids is 1. The second-order valence-electron chi connectivity index (χ2n) is 5.27. The van der Waals surface area contributed by atoms with Gasteiger partial charge in [-0.2, -0.15) is 5.10 Å². The Morgan fingerprint density at radius 3 is 2.62 bits per heavy atom. The predicted octanol–water partition coefficient (Wildman–Crippen LogP) is 2.73. The lowest BCUT2D eigenvalue weighted by atomic mass is 10.1. The number of pyridine rings is 1. The lowest BCUT2D eigenvalue weighted by Gasteiger charge is -2.03. The first kappa shape index (κ1) is 13.5. The molecular weight excluding hydrogens is 262 g/mol. The number of nitrogens with zero attached hydrogens (tertiary/aromatic N) is 2. The van der Waals surface area contributed by atoms with Crippen LogP contribution in [0, 0.1) is 5.92 Å². The summed E-state index contributed by atoms with van der Waals surface area (Å²) in [6.45, 7) is 1.87. The number of carbonyl (C=O) groups is 1. The van der Waals surface area contributed by atoms with Gasteiger partial charge in [-0.15, -0.1) is 0 Å². The maximum absolute atomic E-state index is 12.1. The number of aromatic nitrogens is 1. The second kappa shape index (κ2) is 5.87. The number of hydrazone groups is 1. The molecule has 4 heteroatoms. The van der Waals surface area contributed by atoms with E-state index >= 15 is 0 Å². The average Bonchev–Trinajstić information content (AvgIpc) is 3.35. The molecule has 1 heterocycles. The van der Waals surface area contributed by atoms with Crippen LogP contribution in [0.25, 0.3) is 0 Å². The largest absolute Gasteiger partial charge is 0.273 e. The Kier molecular flexibility index (Phi) is 3.77. The van der Waals surface area contributed by atoms with Crippen molar-refractivity contribution >= 4 is 11.6 Å². The van der Waals surface area contributed by atoms with Gasteiger partial charge in [0.1, 0.15) is 0 Å². The van der Waals surface area contributed by atoms with Crippen molar-refractivity contribution in [2.45, 2.75) is 19.3 Å². The fraction of sp³-hybridized carbons (Fsp3) is 0.235. The van der Waals surface area contributed by atoms with Crippen molar-refractivity contribution in [1.82, 2.24) is 10.4 Å². The quantitative estimate of drug-likeness (QED) is 0.691. The molecule has 1 fully saturated rings. The second-order valence-corrected chi connectivity index (χ2v) is 5.27. The van der Waals surface area contributed by atoms with E-state index in [1.54, 1.807) is 12.4 Å². The first-order chi connectivity index (χ1) is 10.3. The lowest BCUT2D eigenvalue weighted by Crippen LogP contribution is -2.21. The summed E-state index contributed by atoms with van der Waals surface area (Å²) < 4.78 is 0.